The normalized spacial score (nSPS) is 27.2. The van der Waals surface area contributed by atoms with Crippen molar-refractivity contribution in [2.45, 2.75) is 37.6 Å². The number of thioether (sulfide) groups is 1. The Hall–Kier alpha value is -3.13. The van der Waals surface area contributed by atoms with E-state index in [4.69, 9.17) is 9.73 Å². The Bertz CT molecular complexity index is 1180. The molecule has 0 saturated carbocycles. The van der Waals surface area contributed by atoms with Gasteiger partial charge in [0.05, 0.1) is 31.5 Å². The molecule has 3 aliphatic heterocycles. The lowest BCUT2D eigenvalue weighted by molar-refractivity contribution is -0.158. The summed E-state index contributed by atoms with van der Waals surface area (Å²) in [5.41, 5.74) is 1.90. The largest absolute Gasteiger partial charge is 0.467 e. The number of ether oxygens (including phenoxy) is 1. The summed E-state index contributed by atoms with van der Waals surface area (Å²) >= 11 is 1.54. The predicted octanol–water partition coefficient (Wildman–Crippen LogP) is 3.06. The van der Waals surface area contributed by atoms with Crippen molar-refractivity contribution in [3.8, 4) is 0 Å². The minimum absolute atomic E-state index is 0.212. The molecule has 2 amide bonds. The number of hydrogen-bond acceptors (Lipinski definition) is 7. The number of esters is 1. The van der Waals surface area contributed by atoms with Crippen LogP contribution in [0.1, 0.15) is 23.6 Å². The fraction of sp³-hybridized carbons (Fsp3) is 0.407. The number of amidine groups is 1. The molecule has 0 spiro atoms. The Balaban J connectivity index is 1.57. The first-order chi connectivity index (χ1) is 16.9. The van der Waals surface area contributed by atoms with Gasteiger partial charge in [0, 0.05) is 18.7 Å². The Kier molecular flexibility index (Phi) is 6.17. The number of carbonyl (C=O) groups excluding carboxylic acids is 3. The van der Waals surface area contributed by atoms with E-state index in [1.807, 2.05) is 42.2 Å². The summed E-state index contributed by atoms with van der Waals surface area (Å²) in [6.07, 6.45) is 0.263. The Labute approximate surface area is 209 Å². The lowest BCUT2D eigenvalue weighted by Crippen LogP contribution is -2.61. The van der Waals surface area contributed by atoms with Gasteiger partial charge < -0.3 is 9.64 Å². The first-order valence-electron chi connectivity index (χ1n) is 11.9. The van der Waals surface area contributed by atoms with Crippen LogP contribution in [0.25, 0.3) is 0 Å². The van der Waals surface area contributed by atoms with E-state index in [1.54, 1.807) is 6.92 Å². The quantitative estimate of drug-likeness (QED) is 0.457. The van der Waals surface area contributed by atoms with Crippen molar-refractivity contribution in [3.63, 3.8) is 0 Å². The molecule has 4 atom stereocenters. The van der Waals surface area contributed by atoms with E-state index in [1.165, 1.54) is 29.3 Å². The molecule has 35 heavy (non-hydrogen) atoms. The molecule has 2 saturated heterocycles. The van der Waals surface area contributed by atoms with Gasteiger partial charge in [-0.25, -0.2) is 4.79 Å². The summed E-state index contributed by atoms with van der Waals surface area (Å²) in [5.74, 6) is -1.76. The number of methoxy groups -OCH3 is 1. The maximum absolute atomic E-state index is 13.7. The number of nitrogens with zero attached hydrogens (tertiary/aromatic N) is 3. The molecule has 3 heterocycles. The average molecular weight is 492 g/mol. The topological polar surface area (TPSA) is 79.3 Å². The molecule has 5 rings (SSSR count). The minimum Gasteiger partial charge on any atom is -0.467 e. The maximum Gasteiger partial charge on any atom is 0.333 e. The SMILES string of the molecule is CCN1C(=O)[C@H]2[C@H]3CN=C(SCc4ccc(C)cc4)N3[C@@](Cc3ccccc3)(C(=O)OC)[C@H]2C1=O. The number of fused-ring (bicyclic) bond motifs is 3. The van der Waals surface area contributed by atoms with E-state index in [9.17, 15) is 14.4 Å². The molecule has 2 fully saturated rings. The van der Waals surface area contributed by atoms with Gasteiger partial charge in [-0.15, -0.1) is 0 Å². The third-order valence-corrected chi connectivity index (χ3v) is 8.47. The van der Waals surface area contributed by atoms with E-state index >= 15 is 0 Å². The van der Waals surface area contributed by atoms with Gasteiger partial charge in [-0.1, -0.05) is 71.9 Å². The van der Waals surface area contributed by atoms with Crippen LogP contribution in [0, 0.1) is 18.8 Å². The number of hydrogen-bond donors (Lipinski definition) is 0. The second-order valence-corrected chi connectivity index (χ2v) is 10.3. The molecule has 2 aromatic carbocycles. The molecule has 0 radical (unpaired) electrons. The zero-order chi connectivity index (χ0) is 24.7. The lowest BCUT2D eigenvalue weighted by Gasteiger charge is -2.40. The Morgan fingerprint density at radius 2 is 1.80 bits per heavy atom. The van der Waals surface area contributed by atoms with Crippen molar-refractivity contribution >= 4 is 34.7 Å². The van der Waals surface area contributed by atoms with E-state index in [2.05, 4.69) is 24.3 Å². The van der Waals surface area contributed by atoms with Crippen LogP contribution in [0.3, 0.4) is 0 Å². The number of likely N-dealkylation sites (tertiary alicyclic amines) is 1. The first-order valence-corrected chi connectivity index (χ1v) is 12.9. The molecular formula is C27H29N3O4S. The van der Waals surface area contributed by atoms with Gasteiger partial charge in [-0.2, -0.15) is 0 Å². The van der Waals surface area contributed by atoms with Gasteiger partial charge in [0.2, 0.25) is 11.8 Å². The second kappa shape index (κ2) is 9.15. The highest BCUT2D eigenvalue weighted by atomic mass is 32.2. The van der Waals surface area contributed by atoms with E-state index in [-0.39, 0.29) is 30.8 Å². The molecule has 0 aliphatic carbocycles. The smallest absolute Gasteiger partial charge is 0.333 e. The standard InChI is InChI=1S/C27H29N3O4S/c1-4-29-23(31)21-20-15-28-26(35-16-19-12-10-17(2)11-13-19)30(20)27(25(33)34-3,22(21)24(29)32)14-18-8-6-5-7-9-18/h5-13,20-22H,4,14-16H2,1-3H3/t20-,21+,22-,27-/m1/s1. The van der Waals surface area contributed by atoms with Gasteiger partial charge in [0.25, 0.3) is 0 Å². The maximum atomic E-state index is 13.7. The van der Waals surface area contributed by atoms with Crippen LogP contribution in [-0.2, 0) is 31.3 Å². The lowest BCUT2D eigenvalue weighted by atomic mass is 9.76. The van der Waals surface area contributed by atoms with E-state index in [0.717, 1.165) is 11.1 Å². The zero-order valence-corrected chi connectivity index (χ0v) is 21.0. The van der Waals surface area contributed by atoms with Crippen LogP contribution in [0.2, 0.25) is 0 Å². The number of carbonyl (C=O) groups is 3. The summed E-state index contributed by atoms with van der Waals surface area (Å²) in [4.78, 5) is 48.8. The Morgan fingerprint density at radius 1 is 1.09 bits per heavy atom. The fourth-order valence-corrected chi connectivity index (χ4v) is 6.93. The van der Waals surface area contributed by atoms with E-state index in [0.29, 0.717) is 17.5 Å². The molecule has 2 aromatic rings. The van der Waals surface area contributed by atoms with Gasteiger partial charge in [-0.05, 0) is 25.0 Å². The highest BCUT2D eigenvalue weighted by molar-refractivity contribution is 8.13. The number of benzene rings is 2. The number of amides is 2. The van der Waals surface area contributed by atoms with Crippen molar-refractivity contribution in [1.82, 2.24) is 9.80 Å². The Morgan fingerprint density at radius 3 is 2.46 bits per heavy atom. The van der Waals surface area contributed by atoms with Gasteiger partial charge in [-0.3, -0.25) is 19.5 Å². The molecule has 0 bridgehead atoms. The number of aliphatic imine (C=N–C) groups is 1. The third kappa shape index (κ3) is 3.66. The van der Waals surface area contributed by atoms with Gasteiger partial charge >= 0.3 is 5.97 Å². The highest BCUT2D eigenvalue weighted by Crippen LogP contribution is 2.53. The van der Waals surface area contributed by atoms with Crippen molar-refractivity contribution in [3.05, 3.63) is 71.3 Å². The van der Waals surface area contributed by atoms with Crippen molar-refractivity contribution in [2.75, 3.05) is 20.2 Å². The fourth-order valence-electron chi connectivity index (χ4n) is 5.84. The summed E-state index contributed by atoms with van der Waals surface area (Å²) in [6.45, 7) is 4.50. The zero-order valence-electron chi connectivity index (χ0n) is 20.1. The molecule has 0 N–H and O–H groups in total. The van der Waals surface area contributed by atoms with Crippen LogP contribution in [0.15, 0.2) is 59.6 Å². The molecule has 182 valence electrons. The number of imide groups is 1. The van der Waals surface area contributed by atoms with Crippen molar-refractivity contribution in [2.24, 2.45) is 16.8 Å². The van der Waals surface area contributed by atoms with Crippen LogP contribution >= 0.6 is 11.8 Å². The second-order valence-electron chi connectivity index (χ2n) is 9.34. The minimum atomic E-state index is -1.34. The van der Waals surface area contributed by atoms with Crippen molar-refractivity contribution < 1.29 is 19.1 Å². The average Bonchev–Trinajstić information content (AvgIpc) is 3.49. The molecule has 0 aromatic heterocycles. The van der Waals surface area contributed by atoms with Crippen LogP contribution in [0.5, 0.6) is 0 Å². The van der Waals surface area contributed by atoms with Gasteiger partial charge in [0.15, 0.2) is 10.7 Å². The monoisotopic (exact) mass is 491 g/mol. The predicted molar refractivity (Wildman–Crippen MR) is 135 cm³/mol. The summed E-state index contributed by atoms with van der Waals surface area (Å²) in [6, 6.07) is 17.6. The summed E-state index contributed by atoms with van der Waals surface area (Å²) < 4.78 is 5.38. The summed E-state index contributed by atoms with van der Waals surface area (Å²) in [7, 11) is 1.35. The molecule has 8 heteroatoms. The summed E-state index contributed by atoms with van der Waals surface area (Å²) in [5, 5.41) is 0.690. The molecular weight excluding hydrogens is 462 g/mol. The van der Waals surface area contributed by atoms with E-state index < -0.39 is 23.3 Å². The van der Waals surface area contributed by atoms with Crippen LogP contribution < -0.4 is 0 Å². The third-order valence-electron chi connectivity index (χ3n) is 7.41. The van der Waals surface area contributed by atoms with Crippen LogP contribution in [0.4, 0.5) is 0 Å². The number of rotatable bonds is 6. The molecule has 0 unspecified atom stereocenters. The van der Waals surface area contributed by atoms with Crippen LogP contribution in [-0.4, -0.2) is 64.5 Å². The first kappa shape index (κ1) is 23.6. The molecule has 3 aliphatic rings. The van der Waals surface area contributed by atoms with Crippen molar-refractivity contribution in [1.29, 1.82) is 0 Å². The molecule has 7 nitrogen and oxygen atoms in total. The highest BCUT2D eigenvalue weighted by Gasteiger charge is 2.73. The van der Waals surface area contributed by atoms with Gasteiger partial charge in [0.1, 0.15) is 0 Å². The number of aryl methyl sites for hydroxylation is 1.